The molecule has 0 amide bonds. The van der Waals surface area contributed by atoms with Crippen LogP contribution in [-0.2, 0) is 9.53 Å². The Hall–Kier alpha value is -2.29. The summed E-state index contributed by atoms with van der Waals surface area (Å²) in [7, 11) is 0. The summed E-state index contributed by atoms with van der Waals surface area (Å²) >= 11 is 0. The van der Waals surface area contributed by atoms with E-state index < -0.39 is 0 Å². The predicted octanol–water partition coefficient (Wildman–Crippen LogP) is 2.91. The van der Waals surface area contributed by atoms with Crippen molar-refractivity contribution in [1.29, 1.82) is 0 Å². The molecule has 2 aromatic carbocycles. The van der Waals surface area contributed by atoms with E-state index in [1.807, 2.05) is 42.5 Å². The van der Waals surface area contributed by atoms with Crippen molar-refractivity contribution in [3.63, 3.8) is 0 Å². The Morgan fingerprint density at radius 3 is 2.17 bits per heavy atom. The van der Waals surface area contributed by atoms with Crippen LogP contribution in [0.5, 0.6) is 5.75 Å². The normalized spacial score (nSPS) is 9.78. The van der Waals surface area contributed by atoms with Crippen LogP contribution in [0.25, 0.3) is 11.1 Å². The van der Waals surface area contributed by atoms with Crippen molar-refractivity contribution in [3.8, 4) is 16.9 Å². The summed E-state index contributed by atoms with van der Waals surface area (Å²) in [4.78, 5) is 9.94. The number of hydrogen-bond donors (Lipinski definition) is 0. The highest BCUT2D eigenvalue weighted by Gasteiger charge is 1.98. The molecule has 0 bridgehead atoms. The zero-order valence-electron chi connectivity index (χ0n) is 9.91. The maximum absolute atomic E-state index is 9.94. The molecule has 0 aliphatic heterocycles. The lowest BCUT2D eigenvalue weighted by Gasteiger charge is -2.06. The summed E-state index contributed by atoms with van der Waals surface area (Å²) in [6, 6.07) is 18.0. The second-order valence-corrected chi connectivity index (χ2v) is 3.71. The fourth-order valence-corrected chi connectivity index (χ4v) is 1.63. The molecule has 3 nitrogen and oxygen atoms in total. The number of hydrogen-bond acceptors (Lipinski definition) is 3. The van der Waals surface area contributed by atoms with Gasteiger partial charge in [-0.2, -0.15) is 0 Å². The van der Waals surface area contributed by atoms with Crippen LogP contribution < -0.4 is 4.74 Å². The summed E-state index contributed by atoms with van der Waals surface area (Å²) < 4.78 is 9.96. The molecule has 0 aliphatic carbocycles. The van der Waals surface area contributed by atoms with E-state index in [0.29, 0.717) is 13.1 Å². The molecule has 0 radical (unpaired) electrons. The van der Waals surface area contributed by atoms with E-state index in [9.17, 15) is 4.79 Å². The molecule has 0 heterocycles. The van der Waals surface area contributed by atoms with Gasteiger partial charge < -0.3 is 9.47 Å². The van der Waals surface area contributed by atoms with Gasteiger partial charge in [0.1, 0.15) is 19.0 Å². The highest BCUT2D eigenvalue weighted by Crippen LogP contribution is 2.21. The Kier molecular flexibility index (Phi) is 4.36. The standard InChI is InChI=1S/C15H14O3/c16-12-17-10-11-18-15-8-6-14(7-9-15)13-4-2-1-3-5-13/h1-9,12H,10-11H2. The minimum Gasteiger partial charge on any atom is -0.490 e. The van der Waals surface area contributed by atoms with Gasteiger partial charge in [0.25, 0.3) is 6.47 Å². The highest BCUT2D eigenvalue weighted by molar-refractivity contribution is 5.63. The molecule has 0 spiro atoms. The Morgan fingerprint density at radius 1 is 0.833 bits per heavy atom. The molecule has 0 atom stereocenters. The van der Waals surface area contributed by atoms with Gasteiger partial charge in [-0.25, -0.2) is 0 Å². The maximum Gasteiger partial charge on any atom is 0.293 e. The fraction of sp³-hybridized carbons (Fsp3) is 0.133. The van der Waals surface area contributed by atoms with Crippen LogP contribution in [0.1, 0.15) is 0 Å². The minimum atomic E-state index is 0.268. The average molecular weight is 242 g/mol. The Balaban J connectivity index is 1.95. The first-order valence-electron chi connectivity index (χ1n) is 5.73. The van der Waals surface area contributed by atoms with Crippen LogP contribution in [0.4, 0.5) is 0 Å². The maximum atomic E-state index is 9.94. The molecule has 0 fully saturated rings. The summed E-state index contributed by atoms with van der Waals surface area (Å²) in [6.45, 7) is 1.05. The Bertz CT molecular complexity index is 477. The Labute approximate surface area is 106 Å². The summed E-state index contributed by atoms with van der Waals surface area (Å²) in [5, 5.41) is 0. The van der Waals surface area contributed by atoms with Gasteiger partial charge in [0.2, 0.25) is 0 Å². The molecule has 92 valence electrons. The lowest BCUT2D eigenvalue weighted by molar-refractivity contribution is -0.129. The van der Waals surface area contributed by atoms with E-state index >= 15 is 0 Å². The number of carbonyl (C=O) groups is 1. The van der Waals surface area contributed by atoms with E-state index in [0.717, 1.165) is 11.3 Å². The topological polar surface area (TPSA) is 35.5 Å². The van der Waals surface area contributed by atoms with Crippen molar-refractivity contribution >= 4 is 6.47 Å². The number of rotatable bonds is 6. The number of benzene rings is 2. The van der Waals surface area contributed by atoms with Crippen molar-refractivity contribution in [2.24, 2.45) is 0 Å². The molecule has 2 aromatic rings. The number of carbonyl (C=O) groups excluding carboxylic acids is 1. The zero-order valence-corrected chi connectivity index (χ0v) is 9.91. The van der Waals surface area contributed by atoms with Gasteiger partial charge in [-0.1, -0.05) is 42.5 Å². The molecular formula is C15H14O3. The molecule has 0 aromatic heterocycles. The molecular weight excluding hydrogens is 228 g/mol. The van der Waals surface area contributed by atoms with Gasteiger partial charge in [0, 0.05) is 0 Å². The monoisotopic (exact) mass is 242 g/mol. The van der Waals surface area contributed by atoms with Crippen LogP contribution in [0.3, 0.4) is 0 Å². The molecule has 0 N–H and O–H groups in total. The largest absolute Gasteiger partial charge is 0.490 e. The van der Waals surface area contributed by atoms with Crippen LogP contribution >= 0.6 is 0 Å². The van der Waals surface area contributed by atoms with Crippen molar-refractivity contribution in [2.75, 3.05) is 13.2 Å². The van der Waals surface area contributed by atoms with Crippen LogP contribution in [0, 0.1) is 0 Å². The summed E-state index contributed by atoms with van der Waals surface area (Å²) in [5.41, 5.74) is 2.32. The fourth-order valence-electron chi connectivity index (χ4n) is 1.63. The van der Waals surface area contributed by atoms with Crippen molar-refractivity contribution in [1.82, 2.24) is 0 Å². The first kappa shape index (κ1) is 12.2. The SMILES string of the molecule is O=COCCOc1ccc(-c2ccccc2)cc1. The van der Waals surface area contributed by atoms with Crippen LogP contribution in [-0.4, -0.2) is 19.7 Å². The second kappa shape index (κ2) is 6.45. The van der Waals surface area contributed by atoms with Gasteiger partial charge in [-0.15, -0.1) is 0 Å². The lowest BCUT2D eigenvalue weighted by atomic mass is 10.1. The molecule has 18 heavy (non-hydrogen) atoms. The number of ether oxygens (including phenoxy) is 2. The molecule has 0 saturated heterocycles. The van der Waals surface area contributed by atoms with E-state index in [4.69, 9.17) is 4.74 Å². The van der Waals surface area contributed by atoms with E-state index in [1.54, 1.807) is 0 Å². The summed E-state index contributed by atoms with van der Waals surface area (Å²) in [5.74, 6) is 0.768. The first-order chi connectivity index (χ1) is 8.90. The van der Waals surface area contributed by atoms with Gasteiger partial charge in [-0.3, -0.25) is 4.79 Å². The molecule has 3 heteroatoms. The third-order valence-electron chi connectivity index (χ3n) is 2.50. The summed E-state index contributed by atoms with van der Waals surface area (Å²) in [6.07, 6.45) is 0. The average Bonchev–Trinajstić information content (AvgIpc) is 2.45. The van der Waals surface area contributed by atoms with Gasteiger partial charge in [-0.05, 0) is 23.3 Å². The highest BCUT2D eigenvalue weighted by atomic mass is 16.5. The van der Waals surface area contributed by atoms with Gasteiger partial charge in [0.15, 0.2) is 0 Å². The van der Waals surface area contributed by atoms with Gasteiger partial charge >= 0.3 is 0 Å². The zero-order chi connectivity index (χ0) is 12.6. The van der Waals surface area contributed by atoms with Crippen molar-refractivity contribution in [3.05, 3.63) is 54.6 Å². The minimum absolute atomic E-state index is 0.268. The third-order valence-corrected chi connectivity index (χ3v) is 2.50. The lowest BCUT2D eigenvalue weighted by Crippen LogP contribution is -2.05. The van der Waals surface area contributed by atoms with Gasteiger partial charge in [0.05, 0.1) is 0 Å². The molecule has 2 rings (SSSR count). The second-order valence-electron chi connectivity index (χ2n) is 3.71. The molecule has 0 aliphatic rings. The Morgan fingerprint density at radius 2 is 1.50 bits per heavy atom. The predicted molar refractivity (Wildman–Crippen MR) is 69.4 cm³/mol. The first-order valence-corrected chi connectivity index (χ1v) is 5.73. The van der Waals surface area contributed by atoms with Crippen LogP contribution in [0.15, 0.2) is 54.6 Å². The van der Waals surface area contributed by atoms with Crippen molar-refractivity contribution in [2.45, 2.75) is 0 Å². The van der Waals surface area contributed by atoms with Crippen LogP contribution in [0.2, 0.25) is 0 Å². The molecule has 0 unspecified atom stereocenters. The van der Waals surface area contributed by atoms with Crippen molar-refractivity contribution < 1.29 is 14.3 Å². The quantitative estimate of drug-likeness (QED) is 0.577. The van der Waals surface area contributed by atoms with E-state index in [1.165, 1.54) is 5.56 Å². The van der Waals surface area contributed by atoms with E-state index in [2.05, 4.69) is 16.9 Å². The smallest absolute Gasteiger partial charge is 0.293 e. The van der Waals surface area contributed by atoms with E-state index in [-0.39, 0.29) is 6.61 Å². The molecule has 0 saturated carbocycles. The third kappa shape index (κ3) is 3.35.